The topological polar surface area (TPSA) is 128 Å². The lowest BCUT2D eigenvalue weighted by Crippen LogP contribution is -2.16. The number of anilines is 1. The number of amides is 1. The van der Waals surface area contributed by atoms with E-state index in [0.29, 0.717) is 24.0 Å². The van der Waals surface area contributed by atoms with Crippen LogP contribution in [0.3, 0.4) is 0 Å². The molecule has 0 radical (unpaired) electrons. The maximum absolute atomic E-state index is 12.1. The van der Waals surface area contributed by atoms with E-state index < -0.39 is 11.9 Å². The van der Waals surface area contributed by atoms with Gasteiger partial charge in [0.15, 0.2) is 11.4 Å². The van der Waals surface area contributed by atoms with Gasteiger partial charge in [-0.25, -0.2) is 9.78 Å². The zero-order chi connectivity index (χ0) is 17.7. The van der Waals surface area contributed by atoms with Crippen LogP contribution in [0.4, 0.5) is 5.69 Å². The molecule has 24 heavy (non-hydrogen) atoms. The van der Waals surface area contributed by atoms with Crippen molar-refractivity contribution in [1.82, 2.24) is 9.97 Å². The highest BCUT2D eigenvalue weighted by Gasteiger charge is 2.20. The number of aromatic nitrogens is 2. The van der Waals surface area contributed by atoms with Crippen molar-refractivity contribution in [3.8, 4) is 11.8 Å². The molecule has 1 amide bonds. The Bertz CT molecular complexity index is 805. The van der Waals surface area contributed by atoms with Crippen molar-refractivity contribution in [3.63, 3.8) is 0 Å². The predicted octanol–water partition coefficient (Wildman–Crippen LogP) is 2.27. The zero-order valence-electron chi connectivity index (χ0n) is 13.2. The number of carbonyl (C=O) groups is 2. The molecular weight excluding hydrogens is 312 g/mol. The number of imidazole rings is 1. The molecule has 8 nitrogen and oxygen atoms in total. The molecule has 1 aromatic heterocycles. The van der Waals surface area contributed by atoms with Gasteiger partial charge in [-0.3, -0.25) is 4.79 Å². The van der Waals surface area contributed by atoms with E-state index in [0.717, 1.165) is 6.33 Å². The largest absolute Gasteiger partial charge is 0.492 e. The molecule has 1 aromatic carbocycles. The lowest BCUT2D eigenvalue weighted by Gasteiger charge is -2.11. The second kappa shape index (κ2) is 7.28. The molecule has 0 aliphatic carbocycles. The first-order valence-corrected chi connectivity index (χ1v) is 7.17. The summed E-state index contributed by atoms with van der Waals surface area (Å²) in [6.07, 6.45) is 1.13. The number of aromatic amines is 1. The fourth-order valence-electron chi connectivity index (χ4n) is 1.90. The van der Waals surface area contributed by atoms with Gasteiger partial charge in [-0.2, -0.15) is 5.26 Å². The number of hydrogen-bond acceptors (Lipinski definition) is 5. The molecule has 3 N–H and O–H groups in total. The highest BCUT2D eigenvalue weighted by atomic mass is 16.5. The lowest BCUT2D eigenvalue weighted by molar-refractivity contribution is 0.0686. The molecule has 0 unspecified atom stereocenters. The Kier molecular flexibility index (Phi) is 5.16. The van der Waals surface area contributed by atoms with Crippen LogP contribution in [0.5, 0.6) is 5.75 Å². The molecular formula is C16H16N4O4. The maximum Gasteiger partial charge on any atom is 0.354 e. The Morgan fingerprint density at radius 3 is 2.83 bits per heavy atom. The summed E-state index contributed by atoms with van der Waals surface area (Å²) in [6, 6.07) is 6.62. The van der Waals surface area contributed by atoms with Crippen LogP contribution in [0.15, 0.2) is 24.5 Å². The standard InChI is InChI=1S/C16H16N4O4/c1-9(2)7-24-12-4-3-11(5-10(12)6-17)20-15(21)13-14(16(22)23)19-8-18-13/h3-5,8-9H,7H2,1-2H3,(H,18,19)(H,20,21)(H,22,23). The molecule has 0 aliphatic heterocycles. The number of rotatable bonds is 6. The Morgan fingerprint density at radius 1 is 1.46 bits per heavy atom. The first-order chi connectivity index (χ1) is 11.4. The normalized spacial score (nSPS) is 10.2. The zero-order valence-corrected chi connectivity index (χ0v) is 13.2. The van der Waals surface area contributed by atoms with Crippen LogP contribution in [0.1, 0.15) is 40.4 Å². The summed E-state index contributed by atoms with van der Waals surface area (Å²) in [7, 11) is 0. The molecule has 0 bridgehead atoms. The molecule has 2 aromatic rings. The summed E-state index contributed by atoms with van der Waals surface area (Å²) in [6.45, 7) is 4.45. The predicted molar refractivity (Wildman–Crippen MR) is 85.0 cm³/mol. The molecule has 0 saturated heterocycles. The first-order valence-electron chi connectivity index (χ1n) is 7.17. The van der Waals surface area contributed by atoms with Crippen LogP contribution >= 0.6 is 0 Å². The van der Waals surface area contributed by atoms with E-state index >= 15 is 0 Å². The van der Waals surface area contributed by atoms with Crippen LogP contribution < -0.4 is 10.1 Å². The highest BCUT2D eigenvalue weighted by Crippen LogP contribution is 2.23. The van der Waals surface area contributed by atoms with E-state index in [1.165, 1.54) is 6.07 Å². The minimum Gasteiger partial charge on any atom is -0.492 e. The quantitative estimate of drug-likeness (QED) is 0.746. The number of ether oxygens (including phenoxy) is 1. The van der Waals surface area contributed by atoms with Crippen LogP contribution in [-0.4, -0.2) is 33.6 Å². The van der Waals surface area contributed by atoms with E-state index in [1.54, 1.807) is 12.1 Å². The molecule has 8 heteroatoms. The number of benzene rings is 1. The second-order valence-electron chi connectivity index (χ2n) is 5.41. The molecule has 0 aliphatic rings. The van der Waals surface area contributed by atoms with Gasteiger partial charge in [0.1, 0.15) is 11.8 Å². The second-order valence-corrected chi connectivity index (χ2v) is 5.41. The number of aromatic carboxylic acids is 1. The summed E-state index contributed by atoms with van der Waals surface area (Å²) >= 11 is 0. The number of nitrogens with one attached hydrogen (secondary N) is 2. The highest BCUT2D eigenvalue weighted by molar-refractivity contribution is 6.08. The third-order valence-corrected chi connectivity index (χ3v) is 3.00. The average molecular weight is 328 g/mol. The number of nitriles is 1. The van der Waals surface area contributed by atoms with E-state index in [9.17, 15) is 14.9 Å². The smallest absolute Gasteiger partial charge is 0.354 e. The van der Waals surface area contributed by atoms with Crippen molar-refractivity contribution in [1.29, 1.82) is 5.26 Å². The van der Waals surface area contributed by atoms with E-state index in [-0.39, 0.29) is 17.0 Å². The van der Waals surface area contributed by atoms with Crippen molar-refractivity contribution in [3.05, 3.63) is 41.5 Å². The van der Waals surface area contributed by atoms with Crippen molar-refractivity contribution in [2.75, 3.05) is 11.9 Å². The van der Waals surface area contributed by atoms with E-state index in [2.05, 4.69) is 15.3 Å². The Morgan fingerprint density at radius 2 is 2.21 bits per heavy atom. The Hall–Kier alpha value is -3.34. The fraction of sp³-hybridized carbons (Fsp3) is 0.250. The Balaban J connectivity index is 2.18. The molecule has 0 spiro atoms. The van der Waals surface area contributed by atoms with Gasteiger partial charge in [0, 0.05) is 5.69 Å². The van der Waals surface area contributed by atoms with E-state index in [4.69, 9.17) is 9.84 Å². The molecule has 1 heterocycles. The maximum atomic E-state index is 12.1. The number of carboxylic acid groups (broad SMARTS) is 1. The minimum atomic E-state index is -1.28. The number of hydrogen-bond donors (Lipinski definition) is 3. The van der Waals surface area contributed by atoms with Gasteiger partial charge in [-0.15, -0.1) is 0 Å². The summed E-state index contributed by atoms with van der Waals surface area (Å²) in [4.78, 5) is 29.2. The van der Waals surface area contributed by atoms with Gasteiger partial charge in [-0.05, 0) is 24.1 Å². The summed E-state index contributed by atoms with van der Waals surface area (Å²) in [5.74, 6) is -1.23. The molecule has 2 rings (SSSR count). The van der Waals surface area contributed by atoms with Crippen LogP contribution in [0, 0.1) is 17.2 Å². The Labute approximate surface area is 138 Å². The van der Waals surface area contributed by atoms with Crippen molar-refractivity contribution >= 4 is 17.6 Å². The van der Waals surface area contributed by atoms with Gasteiger partial charge in [-0.1, -0.05) is 13.8 Å². The first kappa shape index (κ1) is 17.0. The molecule has 0 fully saturated rings. The number of carboxylic acids is 1. The number of carbonyl (C=O) groups excluding carboxylic acids is 1. The van der Waals surface area contributed by atoms with Gasteiger partial charge in [0.25, 0.3) is 5.91 Å². The van der Waals surface area contributed by atoms with E-state index in [1.807, 2.05) is 19.9 Å². The summed E-state index contributed by atoms with van der Waals surface area (Å²) in [5.41, 5.74) is 0.0766. The van der Waals surface area contributed by atoms with Crippen molar-refractivity contribution < 1.29 is 19.4 Å². The SMILES string of the molecule is CC(C)COc1ccc(NC(=O)c2nc[nH]c2C(=O)O)cc1C#N. The van der Waals surface area contributed by atoms with Gasteiger partial charge in [0.05, 0.1) is 18.5 Å². The van der Waals surface area contributed by atoms with Crippen LogP contribution in [-0.2, 0) is 0 Å². The van der Waals surface area contributed by atoms with Crippen molar-refractivity contribution in [2.45, 2.75) is 13.8 Å². The summed E-state index contributed by atoms with van der Waals surface area (Å²) < 4.78 is 5.54. The van der Waals surface area contributed by atoms with Crippen LogP contribution in [0.25, 0.3) is 0 Å². The molecule has 124 valence electrons. The van der Waals surface area contributed by atoms with Crippen LogP contribution in [0.2, 0.25) is 0 Å². The monoisotopic (exact) mass is 328 g/mol. The average Bonchev–Trinajstić information content (AvgIpc) is 3.03. The van der Waals surface area contributed by atoms with Gasteiger partial charge in [0.2, 0.25) is 0 Å². The number of H-pyrrole nitrogens is 1. The lowest BCUT2D eigenvalue weighted by atomic mass is 10.2. The third kappa shape index (κ3) is 3.89. The fourth-order valence-corrected chi connectivity index (χ4v) is 1.90. The van der Waals surface area contributed by atoms with Gasteiger partial charge >= 0.3 is 5.97 Å². The minimum absolute atomic E-state index is 0.235. The molecule has 0 saturated carbocycles. The summed E-state index contributed by atoms with van der Waals surface area (Å²) in [5, 5.41) is 20.7. The van der Waals surface area contributed by atoms with Crippen molar-refractivity contribution in [2.24, 2.45) is 5.92 Å². The van der Waals surface area contributed by atoms with Gasteiger partial charge < -0.3 is 20.1 Å². The molecule has 0 atom stereocenters. The number of nitrogens with zero attached hydrogens (tertiary/aromatic N) is 2. The third-order valence-electron chi connectivity index (χ3n) is 3.00.